The molecule has 3 heteroatoms. The Kier molecular flexibility index (Phi) is 5.42. The lowest BCUT2D eigenvalue weighted by atomic mass is 10.1. The van der Waals surface area contributed by atoms with E-state index in [4.69, 9.17) is 16.6 Å². The highest BCUT2D eigenvalue weighted by atomic mass is 35.5. The third kappa shape index (κ3) is 3.97. The molecule has 0 N–H and O–H groups in total. The van der Waals surface area contributed by atoms with Crippen LogP contribution < -0.4 is 4.90 Å². The van der Waals surface area contributed by atoms with Crippen LogP contribution in [0.4, 0.5) is 5.82 Å². The molecular weight excluding hydrogens is 268 g/mol. The molecule has 0 spiro atoms. The molecule has 2 nitrogen and oxygen atoms in total. The first kappa shape index (κ1) is 14.9. The van der Waals surface area contributed by atoms with E-state index < -0.39 is 0 Å². The number of hydrogen-bond acceptors (Lipinski definition) is 2. The number of halogens is 1. The summed E-state index contributed by atoms with van der Waals surface area (Å²) in [6.45, 7) is 3.02. The first-order valence-electron chi connectivity index (χ1n) is 7.03. The molecule has 0 atom stereocenters. The summed E-state index contributed by atoms with van der Waals surface area (Å²) in [6, 6.07) is 14.6. The number of hydrogen-bond donors (Lipinski definition) is 0. The minimum Gasteiger partial charge on any atom is -0.355 e. The van der Waals surface area contributed by atoms with Crippen molar-refractivity contribution in [2.75, 3.05) is 11.9 Å². The molecule has 1 aromatic carbocycles. The van der Waals surface area contributed by atoms with E-state index in [1.54, 1.807) is 0 Å². The second-order valence-corrected chi connectivity index (χ2v) is 5.32. The van der Waals surface area contributed by atoms with Crippen LogP contribution in [0.1, 0.15) is 30.2 Å². The van der Waals surface area contributed by atoms with Gasteiger partial charge in [-0.1, -0.05) is 43.7 Å². The van der Waals surface area contributed by atoms with Gasteiger partial charge in [-0.25, -0.2) is 4.98 Å². The van der Waals surface area contributed by atoms with Crippen LogP contribution in [0.5, 0.6) is 0 Å². The quantitative estimate of drug-likeness (QED) is 0.732. The fraction of sp³-hybridized carbons (Fsp3) is 0.353. The summed E-state index contributed by atoms with van der Waals surface area (Å²) < 4.78 is 0. The molecule has 1 heterocycles. The molecule has 0 saturated carbocycles. The molecule has 0 radical (unpaired) electrons. The Morgan fingerprint density at radius 3 is 2.50 bits per heavy atom. The first-order valence-corrected chi connectivity index (χ1v) is 7.57. The third-order valence-electron chi connectivity index (χ3n) is 3.24. The molecule has 0 bridgehead atoms. The standard InChI is InChI=1S/C17H21ClN2/c1-3-7-16-10-15(12-18)11-17(19-16)20(2)13-14-8-5-4-6-9-14/h4-6,8-11H,3,7,12-13H2,1-2H3. The highest BCUT2D eigenvalue weighted by Crippen LogP contribution is 2.18. The largest absolute Gasteiger partial charge is 0.355 e. The summed E-state index contributed by atoms with van der Waals surface area (Å²) in [7, 11) is 2.07. The first-order chi connectivity index (χ1) is 9.72. The summed E-state index contributed by atoms with van der Waals surface area (Å²) in [5.41, 5.74) is 3.55. The Morgan fingerprint density at radius 1 is 1.10 bits per heavy atom. The number of benzene rings is 1. The van der Waals surface area contributed by atoms with Crippen molar-refractivity contribution in [1.82, 2.24) is 4.98 Å². The molecule has 0 unspecified atom stereocenters. The zero-order valence-corrected chi connectivity index (χ0v) is 12.9. The molecule has 2 aromatic rings. The summed E-state index contributed by atoms with van der Waals surface area (Å²) >= 11 is 5.99. The summed E-state index contributed by atoms with van der Waals surface area (Å²) in [5, 5.41) is 0. The van der Waals surface area contributed by atoms with Gasteiger partial charge in [0.05, 0.1) is 0 Å². The van der Waals surface area contributed by atoms with Crippen molar-refractivity contribution < 1.29 is 0 Å². The maximum absolute atomic E-state index is 5.99. The van der Waals surface area contributed by atoms with E-state index >= 15 is 0 Å². The Labute approximate surface area is 126 Å². The lowest BCUT2D eigenvalue weighted by Gasteiger charge is -2.20. The topological polar surface area (TPSA) is 16.1 Å². The van der Waals surface area contributed by atoms with Gasteiger partial charge in [0.15, 0.2) is 0 Å². The Balaban J connectivity index is 2.19. The number of rotatable bonds is 6. The van der Waals surface area contributed by atoms with Gasteiger partial charge in [-0.05, 0) is 29.7 Å². The van der Waals surface area contributed by atoms with Crippen LogP contribution in [0.2, 0.25) is 0 Å². The number of anilines is 1. The zero-order valence-electron chi connectivity index (χ0n) is 12.1. The molecule has 0 saturated heterocycles. The number of aryl methyl sites for hydroxylation is 1. The number of aromatic nitrogens is 1. The molecule has 0 aliphatic rings. The lowest BCUT2D eigenvalue weighted by Crippen LogP contribution is -2.18. The second kappa shape index (κ2) is 7.30. The molecule has 0 aliphatic heterocycles. The van der Waals surface area contributed by atoms with Gasteiger partial charge in [0.25, 0.3) is 0 Å². The van der Waals surface area contributed by atoms with Gasteiger partial charge in [-0.3, -0.25) is 0 Å². The van der Waals surface area contributed by atoms with Gasteiger partial charge in [0.1, 0.15) is 5.82 Å². The zero-order chi connectivity index (χ0) is 14.4. The molecule has 2 rings (SSSR count). The van der Waals surface area contributed by atoms with E-state index in [9.17, 15) is 0 Å². The van der Waals surface area contributed by atoms with E-state index in [2.05, 4.69) is 55.3 Å². The van der Waals surface area contributed by atoms with Gasteiger partial charge in [-0.15, -0.1) is 11.6 Å². The van der Waals surface area contributed by atoms with Crippen LogP contribution in [-0.2, 0) is 18.8 Å². The van der Waals surface area contributed by atoms with Gasteiger partial charge in [0.2, 0.25) is 0 Å². The minimum absolute atomic E-state index is 0.533. The molecule has 0 amide bonds. The highest BCUT2D eigenvalue weighted by molar-refractivity contribution is 6.17. The smallest absolute Gasteiger partial charge is 0.129 e. The van der Waals surface area contributed by atoms with Crippen LogP contribution in [0.3, 0.4) is 0 Å². The molecule has 106 valence electrons. The predicted octanol–water partition coefficient (Wildman–Crippen LogP) is 4.41. The van der Waals surface area contributed by atoms with Gasteiger partial charge in [0, 0.05) is 25.2 Å². The van der Waals surface area contributed by atoms with E-state index in [0.717, 1.165) is 36.5 Å². The second-order valence-electron chi connectivity index (χ2n) is 5.05. The maximum atomic E-state index is 5.99. The van der Waals surface area contributed by atoms with E-state index in [0.29, 0.717) is 5.88 Å². The number of alkyl halides is 1. The lowest BCUT2D eigenvalue weighted by molar-refractivity contribution is 0.846. The molecular formula is C17H21ClN2. The Bertz CT molecular complexity index is 540. The Hall–Kier alpha value is -1.54. The van der Waals surface area contributed by atoms with Crippen LogP contribution >= 0.6 is 11.6 Å². The monoisotopic (exact) mass is 288 g/mol. The highest BCUT2D eigenvalue weighted by Gasteiger charge is 2.07. The third-order valence-corrected chi connectivity index (χ3v) is 3.55. The van der Waals surface area contributed by atoms with Crippen molar-refractivity contribution in [3.8, 4) is 0 Å². The van der Waals surface area contributed by atoms with Gasteiger partial charge in [-0.2, -0.15) is 0 Å². The van der Waals surface area contributed by atoms with Crippen molar-refractivity contribution >= 4 is 17.4 Å². The van der Waals surface area contributed by atoms with Crippen molar-refractivity contribution in [3.63, 3.8) is 0 Å². The molecule has 0 aliphatic carbocycles. The van der Waals surface area contributed by atoms with Crippen molar-refractivity contribution in [3.05, 3.63) is 59.3 Å². The number of nitrogens with zero attached hydrogens (tertiary/aromatic N) is 2. The van der Waals surface area contributed by atoms with Crippen LogP contribution in [0, 0.1) is 0 Å². The van der Waals surface area contributed by atoms with Gasteiger partial charge >= 0.3 is 0 Å². The fourth-order valence-electron chi connectivity index (χ4n) is 2.23. The molecule has 0 fully saturated rings. The predicted molar refractivity (Wildman–Crippen MR) is 86.3 cm³/mol. The van der Waals surface area contributed by atoms with Crippen molar-refractivity contribution in [2.45, 2.75) is 32.2 Å². The van der Waals surface area contributed by atoms with Crippen molar-refractivity contribution in [1.29, 1.82) is 0 Å². The molecule has 1 aromatic heterocycles. The normalized spacial score (nSPS) is 10.6. The average Bonchev–Trinajstić information content (AvgIpc) is 2.48. The van der Waals surface area contributed by atoms with Crippen LogP contribution in [0.15, 0.2) is 42.5 Å². The van der Waals surface area contributed by atoms with Crippen LogP contribution in [-0.4, -0.2) is 12.0 Å². The maximum Gasteiger partial charge on any atom is 0.129 e. The van der Waals surface area contributed by atoms with Gasteiger partial charge < -0.3 is 4.90 Å². The number of pyridine rings is 1. The van der Waals surface area contributed by atoms with E-state index in [1.807, 2.05) is 6.07 Å². The summed E-state index contributed by atoms with van der Waals surface area (Å²) in [4.78, 5) is 6.91. The van der Waals surface area contributed by atoms with Crippen LogP contribution in [0.25, 0.3) is 0 Å². The molecule has 20 heavy (non-hydrogen) atoms. The Morgan fingerprint density at radius 2 is 1.85 bits per heavy atom. The van der Waals surface area contributed by atoms with E-state index in [1.165, 1.54) is 5.56 Å². The van der Waals surface area contributed by atoms with E-state index in [-0.39, 0.29) is 0 Å². The fourth-order valence-corrected chi connectivity index (χ4v) is 2.38. The summed E-state index contributed by atoms with van der Waals surface area (Å²) in [5.74, 6) is 1.53. The summed E-state index contributed by atoms with van der Waals surface area (Å²) in [6.07, 6.45) is 2.09. The van der Waals surface area contributed by atoms with Crippen molar-refractivity contribution in [2.24, 2.45) is 0 Å². The SMILES string of the molecule is CCCc1cc(CCl)cc(N(C)Cc2ccccc2)n1. The minimum atomic E-state index is 0.533. The average molecular weight is 289 g/mol.